The fourth-order valence-corrected chi connectivity index (χ4v) is 4.30. The Balaban J connectivity index is 1.77. The van der Waals surface area contributed by atoms with E-state index in [1.54, 1.807) is 22.9 Å². The van der Waals surface area contributed by atoms with Crippen molar-refractivity contribution in [3.05, 3.63) is 41.1 Å². The maximum atomic E-state index is 12.9. The highest BCUT2D eigenvalue weighted by Crippen LogP contribution is 2.42. The zero-order chi connectivity index (χ0) is 19.8. The summed E-state index contributed by atoms with van der Waals surface area (Å²) in [4.78, 5) is 28.8. The number of hydrogen-bond donors (Lipinski definition) is 2. The van der Waals surface area contributed by atoms with Gasteiger partial charge in [-0.1, -0.05) is 30.8 Å². The number of Topliss-reactive ketones (excluding diaryl/α,β-unsaturated/α-hetero) is 1. The highest BCUT2D eigenvalue weighted by atomic mass is 32.2. The molecule has 0 saturated heterocycles. The van der Waals surface area contributed by atoms with Gasteiger partial charge in [-0.05, 0) is 30.0 Å². The van der Waals surface area contributed by atoms with Crippen LogP contribution < -0.4 is 5.32 Å². The Labute approximate surface area is 166 Å². The summed E-state index contributed by atoms with van der Waals surface area (Å²) in [5.74, 6) is 0.681. The molecule has 2 aliphatic rings. The minimum absolute atomic E-state index is 0.0690. The van der Waals surface area contributed by atoms with E-state index in [0.29, 0.717) is 23.1 Å². The fraction of sp³-hybridized carbons (Fsp3) is 0.368. The van der Waals surface area contributed by atoms with Crippen LogP contribution in [0.2, 0.25) is 0 Å². The number of ketones is 1. The Morgan fingerprint density at radius 2 is 2.25 bits per heavy atom. The van der Waals surface area contributed by atoms with Crippen molar-refractivity contribution in [2.24, 2.45) is 5.92 Å². The summed E-state index contributed by atoms with van der Waals surface area (Å²) in [5, 5.41) is 18.1. The van der Waals surface area contributed by atoms with Crippen LogP contribution in [0.15, 0.2) is 40.7 Å². The zero-order valence-electron chi connectivity index (χ0n) is 15.5. The molecule has 0 spiro atoms. The first-order valence-corrected chi connectivity index (χ1v) is 9.93. The van der Waals surface area contributed by atoms with Crippen molar-refractivity contribution in [1.29, 1.82) is 0 Å². The van der Waals surface area contributed by atoms with Crippen molar-refractivity contribution in [3.8, 4) is 5.75 Å². The molecule has 1 aromatic heterocycles. The lowest BCUT2D eigenvalue weighted by Gasteiger charge is -2.34. The molecule has 2 atom stereocenters. The summed E-state index contributed by atoms with van der Waals surface area (Å²) in [6.45, 7) is 2.05. The smallest absolute Gasteiger partial charge is 0.316 e. The molecular weight excluding hydrogens is 380 g/mol. The van der Waals surface area contributed by atoms with E-state index in [1.165, 1.54) is 18.9 Å². The van der Waals surface area contributed by atoms with E-state index in [-0.39, 0.29) is 29.2 Å². The van der Waals surface area contributed by atoms with Crippen LogP contribution in [0.25, 0.3) is 0 Å². The highest BCUT2D eigenvalue weighted by Gasteiger charge is 2.38. The minimum Gasteiger partial charge on any atom is -0.508 e. The molecule has 2 unspecified atom stereocenters. The summed E-state index contributed by atoms with van der Waals surface area (Å²) < 4.78 is 6.32. The van der Waals surface area contributed by atoms with Gasteiger partial charge in [0.1, 0.15) is 11.8 Å². The van der Waals surface area contributed by atoms with Crippen molar-refractivity contribution in [1.82, 2.24) is 14.8 Å². The van der Waals surface area contributed by atoms with Gasteiger partial charge in [0, 0.05) is 17.7 Å². The normalized spacial score (nSPS) is 21.0. The summed E-state index contributed by atoms with van der Waals surface area (Å²) in [6, 6.07) is 6.35. The Hall–Kier alpha value is -2.81. The van der Waals surface area contributed by atoms with Crippen LogP contribution in [0.1, 0.15) is 31.4 Å². The molecule has 2 N–H and O–H groups in total. The number of carbonyl (C=O) groups excluding carboxylic acids is 2. The maximum Gasteiger partial charge on any atom is 0.316 e. The standard InChI is InChI=1S/C19H20N4O4S/c1-10-6-13-16(14(25)7-10)17(11-4-3-5-12(24)8-11)23-18(20-13)21-19(22-23)28-9-15(26)27-2/h3-5,8,10,17,24H,6-7,9H2,1-2H3,(H,20,21,22). The van der Waals surface area contributed by atoms with Gasteiger partial charge in [0.05, 0.1) is 12.9 Å². The molecule has 2 heterocycles. The van der Waals surface area contributed by atoms with Crippen molar-refractivity contribution in [2.75, 3.05) is 18.2 Å². The molecule has 1 aliphatic carbocycles. The first-order chi connectivity index (χ1) is 13.5. The highest BCUT2D eigenvalue weighted by molar-refractivity contribution is 7.99. The molecule has 0 radical (unpaired) electrons. The van der Waals surface area contributed by atoms with E-state index in [2.05, 4.69) is 20.1 Å². The fourth-order valence-electron chi connectivity index (χ4n) is 3.63. The van der Waals surface area contributed by atoms with Gasteiger partial charge in [-0.2, -0.15) is 4.98 Å². The third-order valence-corrected chi connectivity index (χ3v) is 5.65. The molecule has 0 amide bonds. The maximum absolute atomic E-state index is 12.9. The number of ether oxygens (including phenoxy) is 1. The number of hydrogen-bond acceptors (Lipinski definition) is 8. The SMILES string of the molecule is COC(=O)CSc1nc2n(n1)C(c1cccc(O)c1)C1=C(CC(C)CC1=O)N2. The van der Waals surface area contributed by atoms with Crippen LogP contribution in [0, 0.1) is 5.92 Å². The summed E-state index contributed by atoms with van der Waals surface area (Å²) >= 11 is 1.17. The Kier molecular flexibility index (Phi) is 4.84. The van der Waals surface area contributed by atoms with Gasteiger partial charge in [-0.25, -0.2) is 4.68 Å². The van der Waals surface area contributed by atoms with E-state index in [9.17, 15) is 14.7 Å². The number of esters is 1. The predicted octanol–water partition coefficient (Wildman–Crippen LogP) is 2.52. The number of aromatic nitrogens is 3. The minimum atomic E-state index is -0.474. The third kappa shape index (κ3) is 3.37. The molecule has 1 aromatic carbocycles. The van der Waals surface area contributed by atoms with Crippen LogP contribution in [0.5, 0.6) is 5.75 Å². The number of methoxy groups -OCH3 is 1. The van der Waals surface area contributed by atoms with Gasteiger partial charge in [0.2, 0.25) is 11.1 Å². The van der Waals surface area contributed by atoms with E-state index in [4.69, 9.17) is 0 Å². The number of phenolic OH excluding ortho intramolecular Hbond substituents is 1. The van der Waals surface area contributed by atoms with E-state index in [0.717, 1.165) is 17.7 Å². The topological polar surface area (TPSA) is 106 Å². The molecule has 0 fully saturated rings. The molecule has 4 rings (SSSR count). The average Bonchev–Trinajstić information content (AvgIpc) is 3.06. The number of allylic oxidation sites excluding steroid dienone is 2. The van der Waals surface area contributed by atoms with Gasteiger partial charge in [-0.15, -0.1) is 5.10 Å². The number of aromatic hydroxyl groups is 1. The average molecular weight is 400 g/mol. The number of benzene rings is 1. The van der Waals surface area contributed by atoms with Crippen LogP contribution in [0.3, 0.4) is 0 Å². The molecule has 1 aliphatic heterocycles. The van der Waals surface area contributed by atoms with Crippen LogP contribution in [-0.4, -0.2) is 44.5 Å². The first-order valence-electron chi connectivity index (χ1n) is 8.94. The number of thioether (sulfide) groups is 1. The van der Waals surface area contributed by atoms with Crippen molar-refractivity contribution in [3.63, 3.8) is 0 Å². The number of carbonyl (C=O) groups is 2. The molecule has 0 bridgehead atoms. The van der Waals surface area contributed by atoms with Gasteiger partial charge in [-0.3, -0.25) is 9.59 Å². The second-order valence-electron chi connectivity index (χ2n) is 6.98. The quantitative estimate of drug-likeness (QED) is 0.596. The Morgan fingerprint density at radius 3 is 3.00 bits per heavy atom. The molecule has 28 heavy (non-hydrogen) atoms. The number of nitrogens with zero attached hydrogens (tertiary/aromatic N) is 3. The Morgan fingerprint density at radius 1 is 1.43 bits per heavy atom. The first kappa shape index (κ1) is 18.5. The predicted molar refractivity (Wildman–Crippen MR) is 103 cm³/mol. The number of rotatable bonds is 4. The molecule has 9 heteroatoms. The lowest BCUT2D eigenvalue weighted by Crippen LogP contribution is -2.33. The van der Waals surface area contributed by atoms with Crippen LogP contribution >= 0.6 is 11.8 Å². The number of nitrogens with one attached hydrogen (secondary N) is 1. The van der Waals surface area contributed by atoms with Gasteiger partial charge < -0.3 is 15.2 Å². The second-order valence-corrected chi connectivity index (χ2v) is 7.92. The van der Waals surface area contributed by atoms with Gasteiger partial charge in [0.25, 0.3) is 0 Å². The third-order valence-electron chi connectivity index (χ3n) is 4.84. The monoisotopic (exact) mass is 400 g/mol. The van der Waals surface area contributed by atoms with E-state index < -0.39 is 6.04 Å². The summed E-state index contributed by atoms with van der Waals surface area (Å²) in [6.07, 6.45) is 1.22. The number of fused-ring (bicyclic) bond motifs is 1. The zero-order valence-corrected chi connectivity index (χ0v) is 16.3. The van der Waals surface area contributed by atoms with Crippen molar-refractivity contribution < 1.29 is 19.4 Å². The summed E-state index contributed by atoms with van der Waals surface area (Å²) in [5.41, 5.74) is 2.26. The van der Waals surface area contributed by atoms with Gasteiger partial charge >= 0.3 is 5.97 Å². The van der Waals surface area contributed by atoms with E-state index >= 15 is 0 Å². The molecule has 146 valence electrons. The van der Waals surface area contributed by atoms with E-state index in [1.807, 2.05) is 13.0 Å². The molecule has 0 saturated carbocycles. The lowest BCUT2D eigenvalue weighted by atomic mass is 9.81. The largest absolute Gasteiger partial charge is 0.508 e. The van der Waals surface area contributed by atoms with Crippen molar-refractivity contribution in [2.45, 2.75) is 31.0 Å². The molecule has 2 aromatic rings. The molecule has 8 nitrogen and oxygen atoms in total. The number of anilines is 1. The molecular formula is C19H20N4O4S. The summed E-state index contributed by atoms with van der Waals surface area (Å²) in [7, 11) is 1.33. The second kappa shape index (κ2) is 7.31. The number of phenols is 1. The van der Waals surface area contributed by atoms with Crippen molar-refractivity contribution >= 4 is 29.5 Å². The van der Waals surface area contributed by atoms with Crippen LogP contribution in [-0.2, 0) is 14.3 Å². The lowest BCUT2D eigenvalue weighted by molar-refractivity contribution is -0.137. The van der Waals surface area contributed by atoms with Gasteiger partial charge in [0.15, 0.2) is 5.78 Å². The van der Waals surface area contributed by atoms with Crippen LogP contribution in [0.4, 0.5) is 5.95 Å². The Bertz CT molecular complexity index is 984.